The second-order valence-corrected chi connectivity index (χ2v) is 11.4. The van der Waals surface area contributed by atoms with E-state index >= 15 is 0 Å². The Hall–Kier alpha value is -1.47. The summed E-state index contributed by atoms with van der Waals surface area (Å²) in [5, 5.41) is 2.09. The molecule has 0 aromatic heterocycles. The first-order valence-corrected chi connectivity index (χ1v) is 13.2. The molecule has 4 rings (SSSR count). The van der Waals surface area contributed by atoms with Crippen molar-refractivity contribution >= 4 is 62.1 Å². The number of hydrogen-bond donors (Lipinski definition) is 0. The van der Waals surface area contributed by atoms with Crippen molar-refractivity contribution in [1.29, 1.82) is 0 Å². The van der Waals surface area contributed by atoms with E-state index in [9.17, 15) is 8.42 Å². The van der Waals surface area contributed by atoms with Crippen LogP contribution in [-0.4, -0.2) is 38.7 Å². The molecule has 3 aromatic rings. The highest BCUT2D eigenvalue weighted by atomic mass is 35.5. The summed E-state index contributed by atoms with van der Waals surface area (Å²) in [5.41, 5.74) is 2.59. The summed E-state index contributed by atoms with van der Waals surface area (Å²) in [6, 6.07) is 19.9. The maximum Gasteiger partial charge on any atom is 0.232 e. The van der Waals surface area contributed by atoms with Crippen LogP contribution in [0.3, 0.4) is 0 Å². The molecule has 0 aliphatic carbocycles. The van der Waals surface area contributed by atoms with E-state index in [1.807, 2.05) is 48.5 Å². The summed E-state index contributed by atoms with van der Waals surface area (Å²) in [6.45, 7) is 1.07. The largest absolute Gasteiger partial charge is 0.288 e. The summed E-state index contributed by atoms with van der Waals surface area (Å²) >= 11 is 24.5. The maximum atomic E-state index is 12.7. The van der Waals surface area contributed by atoms with Crippen LogP contribution in [0.2, 0.25) is 20.1 Å². The fourth-order valence-corrected chi connectivity index (χ4v) is 6.02. The molecule has 4 nitrogen and oxygen atoms in total. The highest BCUT2D eigenvalue weighted by Gasteiger charge is 2.40. The molecule has 32 heavy (non-hydrogen) atoms. The lowest BCUT2D eigenvalue weighted by atomic mass is 9.93. The number of halogens is 4. The predicted molar refractivity (Wildman–Crippen MR) is 134 cm³/mol. The van der Waals surface area contributed by atoms with Gasteiger partial charge in [0.2, 0.25) is 10.0 Å². The van der Waals surface area contributed by atoms with Gasteiger partial charge in [-0.2, -0.15) is 0 Å². The van der Waals surface area contributed by atoms with Gasteiger partial charge in [-0.3, -0.25) is 9.21 Å². The van der Waals surface area contributed by atoms with Gasteiger partial charge < -0.3 is 0 Å². The Morgan fingerprint density at radius 2 is 1.22 bits per heavy atom. The molecule has 1 aliphatic heterocycles. The minimum absolute atomic E-state index is 0.0647. The second-order valence-electron chi connectivity index (χ2n) is 7.80. The standard InChI is InChI=1S/C23H20Cl4N2O2S/c1-32(30,31)29(21-11-19(26)10-20(27)12-21)22-13-28(14-22)23(15-2-6-17(24)7-3-15)16-4-8-18(25)9-5-16/h2-12,22-23H,13-14H2,1H3. The zero-order chi connectivity index (χ0) is 23.0. The van der Waals surface area contributed by atoms with E-state index in [2.05, 4.69) is 4.90 Å². The average molecular weight is 530 g/mol. The predicted octanol–water partition coefficient (Wildman–Crippen LogP) is 6.54. The molecular weight excluding hydrogens is 510 g/mol. The Morgan fingerprint density at radius 1 is 0.781 bits per heavy atom. The van der Waals surface area contributed by atoms with Gasteiger partial charge in [0.15, 0.2) is 0 Å². The molecular formula is C23H20Cl4N2O2S. The zero-order valence-corrected chi connectivity index (χ0v) is 20.9. The fraction of sp³-hybridized carbons (Fsp3) is 0.217. The average Bonchev–Trinajstić information content (AvgIpc) is 2.67. The number of sulfonamides is 1. The Labute approximate surface area is 208 Å². The van der Waals surface area contributed by atoms with E-state index in [-0.39, 0.29) is 12.1 Å². The number of anilines is 1. The molecule has 0 bridgehead atoms. The third-order valence-corrected chi connectivity index (χ3v) is 7.58. The van der Waals surface area contributed by atoms with Crippen LogP contribution in [0.4, 0.5) is 5.69 Å². The van der Waals surface area contributed by atoms with Gasteiger partial charge in [0.05, 0.1) is 24.0 Å². The lowest BCUT2D eigenvalue weighted by molar-refractivity contribution is 0.116. The third-order valence-electron chi connectivity index (χ3n) is 5.42. The highest BCUT2D eigenvalue weighted by Crippen LogP contribution is 2.37. The van der Waals surface area contributed by atoms with E-state index in [4.69, 9.17) is 46.4 Å². The number of likely N-dealkylation sites (tertiary alicyclic amines) is 1. The second kappa shape index (κ2) is 9.41. The van der Waals surface area contributed by atoms with E-state index in [0.717, 1.165) is 11.1 Å². The van der Waals surface area contributed by atoms with Crippen molar-refractivity contribution in [2.75, 3.05) is 23.7 Å². The maximum absolute atomic E-state index is 12.7. The van der Waals surface area contributed by atoms with Gasteiger partial charge in [0.25, 0.3) is 0 Å². The smallest absolute Gasteiger partial charge is 0.232 e. The van der Waals surface area contributed by atoms with Crippen molar-refractivity contribution in [3.05, 3.63) is 97.9 Å². The van der Waals surface area contributed by atoms with E-state index in [0.29, 0.717) is 38.9 Å². The van der Waals surface area contributed by atoms with Gasteiger partial charge in [-0.15, -0.1) is 0 Å². The van der Waals surface area contributed by atoms with Gasteiger partial charge in [-0.05, 0) is 53.6 Å². The minimum Gasteiger partial charge on any atom is -0.288 e. The first-order valence-electron chi connectivity index (χ1n) is 9.82. The fourth-order valence-electron chi connectivity index (χ4n) is 4.09. The quantitative estimate of drug-likeness (QED) is 0.364. The number of nitrogens with zero attached hydrogens (tertiary/aromatic N) is 2. The van der Waals surface area contributed by atoms with E-state index in [1.54, 1.807) is 18.2 Å². The lowest BCUT2D eigenvalue weighted by Gasteiger charge is -2.48. The zero-order valence-electron chi connectivity index (χ0n) is 17.1. The summed E-state index contributed by atoms with van der Waals surface area (Å²) in [5.74, 6) is 0. The number of benzene rings is 3. The monoisotopic (exact) mass is 528 g/mol. The van der Waals surface area contributed by atoms with Crippen LogP contribution in [0.1, 0.15) is 17.2 Å². The number of rotatable bonds is 6. The molecule has 0 radical (unpaired) electrons. The molecule has 0 N–H and O–H groups in total. The molecule has 1 heterocycles. The summed E-state index contributed by atoms with van der Waals surface area (Å²) in [4.78, 5) is 2.22. The SMILES string of the molecule is CS(=O)(=O)N(c1cc(Cl)cc(Cl)c1)C1CN(C(c2ccc(Cl)cc2)c2ccc(Cl)cc2)C1. The molecule has 1 saturated heterocycles. The molecule has 0 spiro atoms. The van der Waals surface area contributed by atoms with Gasteiger partial charge in [0, 0.05) is 33.2 Å². The normalized spacial score (nSPS) is 15.1. The van der Waals surface area contributed by atoms with Gasteiger partial charge in [-0.25, -0.2) is 8.42 Å². The summed E-state index contributed by atoms with van der Waals surface area (Å²) in [6.07, 6.45) is 1.19. The lowest BCUT2D eigenvalue weighted by Crippen LogP contribution is -2.61. The van der Waals surface area contributed by atoms with Crippen LogP contribution < -0.4 is 4.31 Å². The Bertz CT molecular complexity index is 1150. The van der Waals surface area contributed by atoms with E-state index < -0.39 is 10.0 Å². The van der Waals surface area contributed by atoms with Crippen molar-refractivity contribution < 1.29 is 8.42 Å². The molecule has 1 aliphatic rings. The Balaban J connectivity index is 1.64. The molecule has 9 heteroatoms. The van der Waals surface area contributed by atoms with Gasteiger partial charge in [-0.1, -0.05) is 70.7 Å². The summed E-state index contributed by atoms with van der Waals surface area (Å²) < 4.78 is 26.7. The first kappa shape index (κ1) is 23.7. The van der Waals surface area contributed by atoms with Crippen LogP contribution in [0.5, 0.6) is 0 Å². The van der Waals surface area contributed by atoms with Crippen molar-refractivity contribution in [2.24, 2.45) is 0 Å². The van der Waals surface area contributed by atoms with Crippen LogP contribution in [-0.2, 0) is 10.0 Å². The van der Waals surface area contributed by atoms with Crippen LogP contribution >= 0.6 is 46.4 Å². The highest BCUT2D eigenvalue weighted by molar-refractivity contribution is 7.92. The third kappa shape index (κ3) is 5.19. The summed E-state index contributed by atoms with van der Waals surface area (Å²) in [7, 11) is -3.55. The van der Waals surface area contributed by atoms with Crippen LogP contribution in [0.15, 0.2) is 66.7 Å². The topological polar surface area (TPSA) is 40.6 Å². The van der Waals surface area contributed by atoms with Crippen LogP contribution in [0.25, 0.3) is 0 Å². The number of hydrogen-bond acceptors (Lipinski definition) is 3. The van der Waals surface area contributed by atoms with Crippen molar-refractivity contribution in [3.8, 4) is 0 Å². The molecule has 3 aromatic carbocycles. The minimum atomic E-state index is -3.55. The Morgan fingerprint density at radius 3 is 1.62 bits per heavy atom. The Kier molecular flexibility index (Phi) is 6.97. The van der Waals surface area contributed by atoms with Crippen molar-refractivity contribution in [3.63, 3.8) is 0 Å². The van der Waals surface area contributed by atoms with Gasteiger partial charge >= 0.3 is 0 Å². The molecule has 0 saturated carbocycles. The van der Waals surface area contributed by atoms with Crippen LogP contribution in [0, 0.1) is 0 Å². The molecule has 0 atom stereocenters. The molecule has 0 unspecified atom stereocenters. The van der Waals surface area contributed by atoms with Gasteiger partial charge in [0.1, 0.15) is 0 Å². The first-order chi connectivity index (χ1) is 15.1. The molecule has 168 valence electrons. The van der Waals surface area contributed by atoms with Crippen molar-refractivity contribution in [2.45, 2.75) is 12.1 Å². The van der Waals surface area contributed by atoms with E-state index in [1.165, 1.54) is 10.6 Å². The molecule has 1 fully saturated rings. The molecule has 0 amide bonds. The van der Waals surface area contributed by atoms with Crippen molar-refractivity contribution in [1.82, 2.24) is 4.90 Å².